The highest BCUT2D eigenvalue weighted by molar-refractivity contribution is 7.21. The third-order valence-electron chi connectivity index (χ3n) is 5.10. The molecule has 0 saturated carbocycles. The van der Waals surface area contributed by atoms with Crippen LogP contribution < -0.4 is 5.32 Å². The zero-order valence-corrected chi connectivity index (χ0v) is 21.0. The van der Waals surface area contributed by atoms with Gasteiger partial charge in [-0.2, -0.15) is 0 Å². The molecule has 2 aromatic carbocycles. The van der Waals surface area contributed by atoms with E-state index in [1.165, 1.54) is 23.5 Å². The van der Waals surface area contributed by atoms with Gasteiger partial charge in [-0.25, -0.2) is 0 Å². The second-order valence-corrected chi connectivity index (χ2v) is 10.3. The lowest BCUT2D eigenvalue weighted by Crippen LogP contribution is -2.50. The maximum absolute atomic E-state index is 13.0. The van der Waals surface area contributed by atoms with Crippen LogP contribution in [0.3, 0.4) is 0 Å². The lowest BCUT2D eigenvalue weighted by molar-refractivity contribution is -0.117. The Bertz CT molecular complexity index is 1210. The van der Waals surface area contributed by atoms with Gasteiger partial charge in [0.25, 0.3) is 5.91 Å². The molecule has 11 heteroatoms. The highest BCUT2D eigenvalue weighted by atomic mass is 35.5. The van der Waals surface area contributed by atoms with Gasteiger partial charge in [-0.3, -0.25) is 14.5 Å². The number of halogens is 5. The van der Waals surface area contributed by atoms with Crippen molar-refractivity contribution in [1.29, 1.82) is 0 Å². The molecule has 2 heterocycles. The number of anilines is 1. The van der Waals surface area contributed by atoms with E-state index in [0.717, 1.165) is 10.1 Å². The molecule has 1 aliphatic rings. The Labute approximate surface area is 213 Å². The molecule has 0 unspecified atom stereocenters. The van der Waals surface area contributed by atoms with Crippen LogP contribution in [0.1, 0.15) is 9.67 Å². The first kappa shape index (κ1) is 23.9. The minimum atomic E-state index is -0.227. The maximum Gasteiger partial charge on any atom is 0.265 e. The summed E-state index contributed by atoms with van der Waals surface area (Å²) in [6.07, 6.45) is 0. The van der Waals surface area contributed by atoms with E-state index < -0.39 is 0 Å². The normalized spacial score (nSPS) is 14.7. The lowest BCUT2D eigenvalue weighted by atomic mass is 10.2. The van der Waals surface area contributed by atoms with Crippen LogP contribution >= 0.6 is 69.3 Å². The number of nitrogens with one attached hydrogen (secondary N) is 1. The van der Waals surface area contributed by atoms with E-state index >= 15 is 0 Å². The van der Waals surface area contributed by atoms with Crippen molar-refractivity contribution >= 4 is 96.9 Å². The predicted molar refractivity (Wildman–Crippen MR) is 134 cm³/mol. The fourth-order valence-electron chi connectivity index (χ4n) is 3.44. The number of carbonyl (C=O) groups is 2. The molecule has 4 rings (SSSR count). The summed E-state index contributed by atoms with van der Waals surface area (Å²) in [5.74, 6) is -0.339. The van der Waals surface area contributed by atoms with Crippen molar-refractivity contribution in [2.45, 2.75) is 0 Å². The first-order valence-electron chi connectivity index (χ1n) is 9.56. The van der Waals surface area contributed by atoms with Gasteiger partial charge in [-0.1, -0.05) is 64.1 Å². The standard InChI is InChI=1S/C21H16Cl5N3O2S/c22-11-1-2-12-17(7-11)32-20(19(12)26)21(31)29-5-3-28(4-6-29)10-18(30)27-16-9-14(24)13(23)8-15(16)25/h1-2,7-9H,3-6,10H2,(H,27,30). The maximum atomic E-state index is 13.0. The molecule has 0 bridgehead atoms. The number of piperazine rings is 1. The summed E-state index contributed by atoms with van der Waals surface area (Å²) in [5, 5.41) is 5.55. The monoisotopic (exact) mass is 549 g/mol. The lowest BCUT2D eigenvalue weighted by Gasteiger charge is -2.34. The number of hydrogen-bond acceptors (Lipinski definition) is 4. The number of carbonyl (C=O) groups excluding carboxylic acids is 2. The van der Waals surface area contributed by atoms with Crippen molar-refractivity contribution in [3.05, 3.63) is 60.3 Å². The first-order valence-corrected chi connectivity index (χ1v) is 12.3. The van der Waals surface area contributed by atoms with Gasteiger partial charge in [0, 0.05) is 41.3 Å². The van der Waals surface area contributed by atoms with E-state index in [1.54, 1.807) is 17.0 Å². The van der Waals surface area contributed by atoms with Crippen molar-refractivity contribution in [1.82, 2.24) is 9.80 Å². The number of rotatable bonds is 4. The summed E-state index contributed by atoms with van der Waals surface area (Å²) in [6.45, 7) is 2.27. The van der Waals surface area contributed by atoms with Crippen LogP contribution in [0.2, 0.25) is 25.1 Å². The highest BCUT2D eigenvalue weighted by Gasteiger charge is 2.27. The topological polar surface area (TPSA) is 52.7 Å². The van der Waals surface area contributed by atoms with Gasteiger partial charge < -0.3 is 10.2 Å². The second kappa shape index (κ2) is 9.94. The van der Waals surface area contributed by atoms with E-state index in [2.05, 4.69) is 5.32 Å². The van der Waals surface area contributed by atoms with Crippen LogP contribution in [0.25, 0.3) is 10.1 Å². The SMILES string of the molecule is O=C(CN1CCN(C(=O)c2sc3cc(Cl)ccc3c2Cl)CC1)Nc1cc(Cl)c(Cl)cc1Cl. The minimum absolute atomic E-state index is 0.112. The molecule has 1 N–H and O–H groups in total. The molecule has 32 heavy (non-hydrogen) atoms. The Morgan fingerprint density at radius 3 is 2.31 bits per heavy atom. The quantitative estimate of drug-likeness (QED) is 0.374. The minimum Gasteiger partial charge on any atom is -0.335 e. The fourth-order valence-corrected chi connectivity index (χ4v) is 5.79. The molecule has 0 spiro atoms. The van der Waals surface area contributed by atoms with Gasteiger partial charge in [-0.15, -0.1) is 11.3 Å². The van der Waals surface area contributed by atoms with Crippen molar-refractivity contribution in [2.75, 3.05) is 38.0 Å². The molecule has 0 radical (unpaired) electrons. The third kappa shape index (κ3) is 5.12. The Hall–Kier alpha value is -1.25. The number of fused-ring (bicyclic) bond motifs is 1. The summed E-state index contributed by atoms with van der Waals surface area (Å²) in [7, 11) is 0. The molecule has 1 saturated heterocycles. The number of benzene rings is 2. The Balaban J connectivity index is 1.35. The van der Waals surface area contributed by atoms with Gasteiger partial charge >= 0.3 is 0 Å². The average molecular weight is 552 g/mol. The van der Waals surface area contributed by atoms with Crippen LogP contribution in [0.15, 0.2) is 30.3 Å². The zero-order chi connectivity index (χ0) is 23.0. The van der Waals surface area contributed by atoms with Gasteiger partial charge in [0.1, 0.15) is 4.88 Å². The van der Waals surface area contributed by atoms with Gasteiger partial charge in [0.2, 0.25) is 5.91 Å². The molecule has 5 nitrogen and oxygen atoms in total. The smallest absolute Gasteiger partial charge is 0.265 e. The second-order valence-electron chi connectivity index (χ2n) is 7.25. The van der Waals surface area contributed by atoms with Gasteiger partial charge in [-0.05, 0) is 24.3 Å². The Morgan fingerprint density at radius 2 is 1.59 bits per heavy atom. The molecule has 1 aromatic heterocycles. The predicted octanol–water partition coefficient (Wildman–Crippen LogP) is 6.56. The summed E-state index contributed by atoms with van der Waals surface area (Å²) in [5.41, 5.74) is 0.402. The molecule has 1 aliphatic heterocycles. The number of amides is 2. The van der Waals surface area contributed by atoms with Crippen molar-refractivity contribution in [3.8, 4) is 0 Å². The fraction of sp³-hybridized carbons (Fsp3) is 0.238. The average Bonchev–Trinajstić information content (AvgIpc) is 3.07. The molecular weight excluding hydrogens is 536 g/mol. The van der Waals surface area contributed by atoms with Crippen molar-refractivity contribution < 1.29 is 9.59 Å². The van der Waals surface area contributed by atoms with E-state index in [9.17, 15) is 9.59 Å². The summed E-state index contributed by atoms with van der Waals surface area (Å²) in [4.78, 5) is 29.7. The molecule has 0 aliphatic carbocycles. The third-order valence-corrected chi connectivity index (χ3v) is 8.01. The van der Waals surface area contributed by atoms with Crippen LogP contribution in [-0.4, -0.2) is 54.3 Å². The van der Waals surface area contributed by atoms with E-state index in [-0.39, 0.29) is 18.4 Å². The molecule has 3 aromatic rings. The van der Waals surface area contributed by atoms with Crippen LogP contribution in [0.5, 0.6) is 0 Å². The summed E-state index contributed by atoms with van der Waals surface area (Å²) in [6, 6.07) is 8.39. The Morgan fingerprint density at radius 1 is 0.906 bits per heavy atom. The highest BCUT2D eigenvalue weighted by Crippen LogP contribution is 2.37. The van der Waals surface area contributed by atoms with Crippen LogP contribution in [0.4, 0.5) is 5.69 Å². The van der Waals surface area contributed by atoms with Crippen molar-refractivity contribution in [3.63, 3.8) is 0 Å². The summed E-state index contributed by atoms with van der Waals surface area (Å²) >= 11 is 31.9. The zero-order valence-electron chi connectivity index (χ0n) is 16.4. The van der Waals surface area contributed by atoms with Gasteiger partial charge in [0.05, 0.1) is 32.3 Å². The van der Waals surface area contributed by atoms with Gasteiger partial charge in [0.15, 0.2) is 0 Å². The van der Waals surface area contributed by atoms with Crippen LogP contribution in [0, 0.1) is 0 Å². The van der Waals surface area contributed by atoms with Crippen LogP contribution in [-0.2, 0) is 4.79 Å². The Kier molecular flexibility index (Phi) is 7.42. The number of hydrogen-bond donors (Lipinski definition) is 1. The molecule has 1 fully saturated rings. The van der Waals surface area contributed by atoms with E-state index in [0.29, 0.717) is 61.9 Å². The molecular formula is C21H16Cl5N3O2S. The summed E-state index contributed by atoms with van der Waals surface area (Å²) < 4.78 is 0.877. The number of thiophene rings is 1. The van der Waals surface area contributed by atoms with E-state index in [1.807, 2.05) is 11.0 Å². The molecule has 2 amide bonds. The largest absolute Gasteiger partial charge is 0.335 e. The first-order chi connectivity index (χ1) is 15.2. The molecule has 0 atom stereocenters. The van der Waals surface area contributed by atoms with Crippen molar-refractivity contribution in [2.24, 2.45) is 0 Å². The number of nitrogens with zero attached hydrogens (tertiary/aromatic N) is 2. The van der Waals surface area contributed by atoms with E-state index in [4.69, 9.17) is 58.0 Å². The molecule has 168 valence electrons.